The molecule has 7 atom stereocenters. The molecule has 1 aromatic rings. The molecule has 3 heterocycles. The molecule has 0 radical (unpaired) electrons. The highest BCUT2D eigenvalue weighted by Gasteiger charge is 2.53. The molecular weight excluding hydrogens is 518 g/mol. The Balaban J connectivity index is 1.90. The quantitative estimate of drug-likeness (QED) is 0.279. The number of aromatic nitrogens is 1. The molecule has 39 heavy (non-hydrogen) atoms. The number of carbonyl (C=O) groups is 2. The van der Waals surface area contributed by atoms with Crippen LogP contribution in [0.4, 0.5) is 0 Å². The molecule has 2 N–H and O–H groups in total. The summed E-state index contributed by atoms with van der Waals surface area (Å²) in [4.78, 5) is 31.1. The van der Waals surface area contributed by atoms with E-state index in [4.69, 9.17) is 21.1 Å². The Morgan fingerprint density at radius 2 is 1.92 bits per heavy atom. The minimum Gasteiger partial charge on any atom is -0.456 e. The summed E-state index contributed by atoms with van der Waals surface area (Å²) in [5, 5.41) is 22.7. The maximum atomic E-state index is 13.8. The van der Waals surface area contributed by atoms with Crippen molar-refractivity contribution in [3.63, 3.8) is 0 Å². The second-order valence-corrected chi connectivity index (χ2v) is 12.6. The lowest BCUT2D eigenvalue weighted by atomic mass is 9.71. The number of nitrogens with zero attached hydrogens (tertiary/aromatic N) is 1. The van der Waals surface area contributed by atoms with Crippen LogP contribution in [0.3, 0.4) is 0 Å². The average Bonchev–Trinajstić information content (AvgIpc) is 3.51. The fraction of sp³-hybridized carbons (Fsp3) is 0.645. The molecule has 0 aromatic carbocycles. The molecule has 2 unspecified atom stereocenters. The minimum absolute atomic E-state index is 0.125. The van der Waals surface area contributed by atoms with Crippen molar-refractivity contribution in [2.24, 2.45) is 17.3 Å². The van der Waals surface area contributed by atoms with Gasteiger partial charge in [0.05, 0.1) is 46.5 Å². The van der Waals surface area contributed by atoms with Gasteiger partial charge < -0.3 is 19.7 Å². The highest BCUT2D eigenvalue weighted by atomic mass is 35.5. The van der Waals surface area contributed by atoms with Gasteiger partial charge in [-0.3, -0.25) is 14.6 Å². The maximum Gasteiger partial charge on any atom is 0.309 e. The van der Waals surface area contributed by atoms with Gasteiger partial charge in [0, 0.05) is 18.5 Å². The lowest BCUT2D eigenvalue weighted by Crippen LogP contribution is -2.46. The van der Waals surface area contributed by atoms with Crippen LogP contribution in [-0.4, -0.2) is 57.0 Å². The number of aliphatic hydroxyl groups excluding tert-OH is 2. The maximum absolute atomic E-state index is 13.8. The second-order valence-electron chi connectivity index (χ2n) is 12.2. The smallest absolute Gasteiger partial charge is 0.309 e. The number of fused-ring (bicyclic) bond motifs is 1. The van der Waals surface area contributed by atoms with Gasteiger partial charge in [-0.05, 0) is 64.2 Å². The Morgan fingerprint density at radius 1 is 1.21 bits per heavy atom. The molecule has 0 bridgehead atoms. The zero-order valence-electron chi connectivity index (χ0n) is 24.0. The Hall–Kier alpha value is -2.06. The number of Topliss-reactive ketones (excluding diaryl/α,β-unsaturated/α-hetero) is 1. The molecule has 1 aromatic heterocycles. The molecule has 7 nitrogen and oxygen atoms in total. The van der Waals surface area contributed by atoms with Gasteiger partial charge in [-0.2, -0.15) is 0 Å². The summed E-state index contributed by atoms with van der Waals surface area (Å²) >= 11 is 6.66. The van der Waals surface area contributed by atoms with Crippen molar-refractivity contribution in [2.75, 3.05) is 0 Å². The number of ketones is 1. The van der Waals surface area contributed by atoms with Gasteiger partial charge in [-0.15, -0.1) is 0 Å². The predicted octanol–water partition coefficient (Wildman–Crippen LogP) is 5.62. The van der Waals surface area contributed by atoms with Gasteiger partial charge in [-0.25, -0.2) is 0 Å². The number of ether oxygens (including phenoxy) is 2. The molecular formula is C31H44ClNO6. The van der Waals surface area contributed by atoms with E-state index in [9.17, 15) is 19.8 Å². The lowest BCUT2D eigenvalue weighted by Gasteiger charge is -2.35. The number of cyclic esters (lactones) is 1. The summed E-state index contributed by atoms with van der Waals surface area (Å²) in [6.45, 7) is 11.1. The van der Waals surface area contributed by atoms with Gasteiger partial charge in [0.1, 0.15) is 11.9 Å². The zero-order valence-corrected chi connectivity index (χ0v) is 24.8. The first-order chi connectivity index (χ1) is 18.2. The molecule has 0 spiro atoms. The van der Waals surface area contributed by atoms with Crippen LogP contribution in [0.1, 0.15) is 85.8 Å². The van der Waals surface area contributed by atoms with E-state index in [2.05, 4.69) is 4.98 Å². The molecule has 2 fully saturated rings. The third kappa shape index (κ3) is 8.23. The van der Waals surface area contributed by atoms with Crippen LogP contribution >= 0.6 is 11.6 Å². The topological polar surface area (TPSA) is 109 Å². The van der Waals surface area contributed by atoms with Crippen molar-refractivity contribution in [1.29, 1.82) is 0 Å². The number of carbonyl (C=O) groups excluding carboxylic acids is 2. The van der Waals surface area contributed by atoms with Crippen LogP contribution in [0.25, 0.3) is 6.08 Å². The number of aliphatic hydroxyl groups is 2. The molecule has 2 saturated heterocycles. The fourth-order valence-corrected chi connectivity index (χ4v) is 5.53. The molecule has 0 saturated carbocycles. The second kappa shape index (κ2) is 13.1. The average molecular weight is 562 g/mol. The van der Waals surface area contributed by atoms with Gasteiger partial charge >= 0.3 is 5.97 Å². The van der Waals surface area contributed by atoms with Crippen LogP contribution in [-0.2, 0) is 19.1 Å². The fourth-order valence-electron chi connectivity index (χ4n) is 5.28. The third-order valence-corrected chi connectivity index (χ3v) is 8.64. The number of rotatable bonds is 4. The van der Waals surface area contributed by atoms with Crippen molar-refractivity contribution in [2.45, 2.75) is 110 Å². The van der Waals surface area contributed by atoms with E-state index >= 15 is 0 Å². The van der Waals surface area contributed by atoms with Crippen LogP contribution in [0, 0.1) is 17.3 Å². The summed E-state index contributed by atoms with van der Waals surface area (Å²) in [6, 6.07) is 5.44. The number of epoxide rings is 1. The van der Waals surface area contributed by atoms with E-state index in [1.54, 1.807) is 38.3 Å². The Bertz CT molecular complexity index is 1070. The van der Waals surface area contributed by atoms with Crippen LogP contribution in [0.2, 0.25) is 0 Å². The molecule has 0 aliphatic carbocycles. The Kier molecular flexibility index (Phi) is 10.5. The molecule has 2 aliphatic heterocycles. The molecule has 0 amide bonds. The SMILES string of the molecule is CC(C)=CC[C@H]1C(=O)C(C)(C)[C@@H](O)CC(=O)O[C@H](C(Cl)=Cc2ccccn2)CC2OC2(C)CCC[C@H](C)[C@H]1O. The van der Waals surface area contributed by atoms with E-state index in [0.29, 0.717) is 23.6 Å². The third-order valence-electron chi connectivity index (χ3n) is 8.29. The van der Waals surface area contributed by atoms with Crippen molar-refractivity contribution in [1.82, 2.24) is 4.98 Å². The number of allylic oxidation sites excluding steroid dienone is 2. The van der Waals surface area contributed by atoms with E-state index in [-0.39, 0.29) is 29.8 Å². The van der Waals surface area contributed by atoms with E-state index in [0.717, 1.165) is 24.8 Å². The van der Waals surface area contributed by atoms with E-state index < -0.39 is 35.6 Å². The minimum atomic E-state index is -1.30. The normalized spacial score (nSPS) is 34.5. The lowest BCUT2D eigenvalue weighted by molar-refractivity contribution is -0.154. The first-order valence-electron chi connectivity index (χ1n) is 13.9. The van der Waals surface area contributed by atoms with Crippen molar-refractivity contribution >= 4 is 29.4 Å². The van der Waals surface area contributed by atoms with Crippen molar-refractivity contribution in [3.8, 4) is 0 Å². The summed E-state index contributed by atoms with van der Waals surface area (Å²) in [5.41, 5.74) is 0.0149. The van der Waals surface area contributed by atoms with E-state index in [1.165, 1.54) is 0 Å². The summed E-state index contributed by atoms with van der Waals surface area (Å²) in [7, 11) is 0. The first-order valence-corrected chi connectivity index (χ1v) is 14.3. The van der Waals surface area contributed by atoms with Crippen LogP contribution in [0.5, 0.6) is 0 Å². The van der Waals surface area contributed by atoms with Crippen molar-refractivity contribution in [3.05, 3.63) is 46.8 Å². The standard InChI is InChI=1S/C31H44ClNO6/c1-19(2)12-13-22-28(36)20(3)10-9-14-31(6)26(39-31)17-24(23(32)16-21-11-7-8-15-33-21)38-27(35)18-25(34)30(4,5)29(22)37/h7-8,11-12,15-16,20,22,24-26,28,34,36H,9-10,13-14,17-18H2,1-6H3/t20-,22+,24-,25-,26?,28+,31?/m0/s1. The predicted molar refractivity (Wildman–Crippen MR) is 152 cm³/mol. The van der Waals surface area contributed by atoms with Crippen molar-refractivity contribution < 1.29 is 29.3 Å². The monoisotopic (exact) mass is 561 g/mol. The zero-order chi connectivity index (χ0) is 29.0. The Morgan fingerprint density at radius 3 is 2.56 bits per heavy atom. The number of hydrogen-bond donors (Lipinski definition) is 2. The first kappa shape index (κ1) is 31.5. The van der Waals surface area contributed by atoms with Gasteiger partial charge in [0.2, 0.25) is 0 Å². The number of esters is 1. The Labute approximate surface area is 237 Å². The summed E-state index contributed by atoms with van der Waals surface area (Å²) in [5.74, 6) is -1.76. The largest absolute Gasteiger partial charge is 0.456 e. The van der Waals surface area contributed by atoms with Crippen LogP contribution in [0.15, 0.2) is 41.1 Å². The number of pyridine rings is 1. The number of hydrogen-bond acceptors (Lipinski definition) is 7. The molecule has 3 rings (SSSR count). The summed E-state index contributed by atoms with van der Waals surface area (Å²) < 4.78 is 11.8. The van der Waals surface area contributed by atoms with Gasteiger partial charge in [0.25, 0.3) is 0 Å². The van der Waals surface area contributed by atoms with Gasteiger partial charge in [-0.1, -0.05) is 56.5 Å². The molecule has 216 valence electrons. The summed E-state index contributed by atoms with van der Waals surface area (Å²) in [6.07, 6.45) is 4.82. The number of halogens is 1. The van der Waals surface area contributed by atoms with E-state index in [1.807, 2.05) is 39.8 Å². The highest BCUT2D eigenvalue weighted by molar-refractivity contribution is 6.32. The van der Waals surface area contributed by atoms with Crippen LogP contribution < -0.4 is 0 Å². The van der Waals surface area contributed by atoms with Gasteiger partial charge in [0.15, 0.2) is 0 Å². The molecule has 2 aliphatic rings. The highest BCUT2D eigenvalue weighted by Crippen LogP contribution is 2.45. The molecule has 8 heteroatoms.